The summed E-state index contributed by atoms with van der Waals surface area (Å²) in [5.41, 5.74) is 9.52. The Labute approximate surface area is 187 Å². The predicted molar refractivity (Wildman–Crippen MR) is 122 cm³/mol. The van der Waals surface area contributed by atoms with Gasteiger partial charge in [-0.1, -0.05) is 25.8 Å². The highest BCUT2D eigenvalue weighted by Crippen LogP contribution is 2.38. The SMILES string of the molecule is CCCCC(C(=O)OCC)n1c(-c2cccnc2)c(C)c2cc(CN(O)C(N)=O)ccc21. The van der Waals surface area contributed by atoms with E-state index in [1.807, 2.05) is 48.7 Å². The molecule has 0 saturated heterocycles. The van der Waals surface area contributed by atoms with E-state index in [0.717, 1.165) is 46.1 Å². The predicted octanol–water partition coefficient (Wildman–Crippen LogP) is 4.58. The molecule has 8 heteroatoms. The van der Waals surface area contributed by atoms with Crippen LogP contribution in [0.3, 0.4) is 0 Å². The Morgan fingerprint density at radius 1 is 1.28 bits per heavy atom. The molecular weight excluding hydrogens is 408 g/mol. The molecule has 2 amide bonds. The van der Waals surface area contributed by atoms with Crippen LogP contribution in [-0.2, 0) is 16.1 Å². The van der Waals surface area contributed by atoms with E-state index in [1.54, 1.807) is 12.4 Å². The normalized spacial score (nSPS) is 12.0. The Morgan fingerprint density at radius 3 is 2.69 bits per heavy atom. The number of primary amides is 1. The molecule has 3 rings (SSSR count). The zero-order valence-electron chi connectivity index (χ0n) is 18.7. The Balaban J connectivity index is 2.23. The minimum Gasteiger partial charge on any atom is -0.464 e. The summed E-state index contributed by atoms with van der Waals surface area (Å²) in [6, 6.07) is 8.07. The number of nitrogens with two attached hydrogens (primary N) is 1. The molecule has 2 aromatic heterocycles. The second-order valence-electron chi connectivity index (χ2n) is 7.74. The van der Waals surface area contributed by atoms with Gasteiger partial charge in [0.2, 0.25) is 0 Å². The number of hydrogen-bond acceptors (Lipinski definition) is 5. The molecule has 2 heterocycles. The average molecular weight is 439 g/mol. The minimum absolute atomic E-state index is 0.0325. The number of nitrogens with zero attached hydrogens (tertiary/aromatic N) is 3. The summed E-state index contributed by atoms with van der Waals surface area (Å²) in [6.07, 6.45) is 5.98. The maximum Gasteiger partial charge on any atom is 0.338 e. The summed E-state index contributed by atoms with van der Waals surface area (Å²) < 4.78 is 7.49. The molecule has 0 spiro atoms. The van der Waals surface area contributed by atoms with Gasteiger partial charge in [0.05, 0.1) is 18.8 Å². The number of ether oxygens (including phenoxy) is 1. The van der Waals surface area contributed by atoms with Crippen molar-refractivity contribution in [3.63, 3.8) is 0 Å². The van der Waals surface area contributed by atoms with Crippen LogP contribution in [0.2, 0.25) is 0 Å². The Bertz CT molecular complexity index is 1090. The van der Waals surface area contributed by atoms with Crippen LogP contribution >= 0.6 is 0 Å². The van der Waals surface area contributed by atoms with Gasteiger partial charge < -0.3 is 15.0 Å². The van der Waals surface area contributed by atoms with E-state index in [9.17, 15) is 14.8 Å². The van der Waals surface area contributed by atoms with Gasteiger partial charge in [0.15, 0.2) is 0 Å². The number of rotatable bonds is 9. The second kappa shape index (κ2) is 10.3. The molecule has 3 N–H and O–H groups in total. The van der Waals surface area contributed by atoms with Crippen LogP contribution in [-0.4, -0.2) is 38.4 Å². The third kappa shape index (κ3) is 4.75. The molecule has 0 bridgehead atoms. The van der Waals surface area contributed by atoms with E-state index in [4.69, 9.17) is 10.5 Å². The number of pyridine rings is 1. The molecule has 0 saturated carbocycles. The van der Waals surface area contributed by atoms with Gasteiger partial charge in [-0.3, -0.25) is 10.2 Å². The first kappa shape index (κ1) is 23.3. The first-order chi connectivity index (χ1) is 15.4. The van der Waals surface area contributed by atoms with Crippen molar-refractivity contribution in [1.82, 2.24) is 14.6 Å². The van der Waals surface area contributed by atoms with Gasteiger partial charge in [-0.05, 0) is 55.7 Å². The van der Waals surface area contributed by atoms with Crippen LogP contribution in [0.1, 0.15) is 50.3 Å². The lowest BCUT2D eigenvalue weighted by Gasteiger charge is -2.22. The van der Waals surface area contributed by atoms with Crippen molar-refractivity contribution >= 4 is 22.9 Å². The maximum absolute atomic E-state index is 13.0. The molecule has 0 aliphatic carbocycles. The molecule has 170 valence electrons. The van der Waals surface area contributed by atoms with Gasteiger partial charge in [0.1, 0.15) is 6.04 Å². The van der Waals surface area contributed by atoms with Crippen LogP contribution in [0.25, 0.3) is 22.2 Å². The third-order valence-electron chi connectivity index (χ3n) is 5.54. The summed E-state index contributed by atoms with van der Waals surface area (Å²) in [5, 5.41) is 11.2. The summed E-state index contributed by atoms with van der Waals surface area (Å²) >= 11 is 0. The van der Waals surface area contributed by atoms with Gasteiger partial charge in [0.25, 0.3) is 0 Å². The van der Waals surface area contributed by atoms with Crippen LogP contribution < -0.4 is 5.73 Å². The van der Waals surface area contributed by atoms with E-state index >= 15 is 0 Å². The van der Waals surface area contributed by atoms with Gasteiger partial charge >= 0.3 is 12.0 Å². The lowest BCUT2D eigenvalue weighted by molar-refractivity contribution is -0.147. The highest BCUT2D eigenvalue weighted by Gasteiger charge is 2.28. The number of hydrogen-bond donors (Lipinski definition) is 2. The topological polar surface area (TPSA) is 111 Å². The van der Waals surface area contributed by atoms with Gasteiger partial charge in [0, 0.05) is 28.9 Å². The van der Waals surface area contributed by atoms with Gasteiger partial charge in [-0.2, -0.15) is 0 Å². The zero-order chi connectivity index (χ0) is 23.3. The molecule has 0 fully saturated rings. The van der Waals surface area contributed by atoms with Crippen LogP contribution in [0, 0.1) is 6.92 Å². The molecule has 0 aliphatic heterocycles. The zero-order valence-corrected chi connectivity index (χ0v) is 18.7. The lowest BCUT2D eigenvalue weighted by Crippen LogP contribution is -2.31. The van der Waals surface area contributed by atoms with Gasteiger partial charge in [-0.15, -0.1) is 0 Å². The lowest BCUT2D eigenvalue weighted by atomic mass is 10.1. The highest BCUT2D eigenvalue weighted by molar-refractivity contribution is 5.94. The van der Waals surface area contributed by atoms with Crippen LogP contribution in [0.5, 0.6) is 0 Å². The Hall–Kier alpha value is -3.39. The van der Waals surface area contributed by atoms with Crippen LogP contribution in [0.4, 0.5) is 4.79 Å². The standard InChI is InChI=1S/C24H30N4O4/c1-4-6-9-21(23(29)32-5-2)28-20-11-10-17(15-27(31)24(25)30)13-19(20)16(3)22(28)18-8-7-12-26-14-18/h7-8,10-14,21,31H,4-6,9,15H2,1-3H3,(H2,25,30). The summed E-state index contributed by atoms with van der Waals surface area (Å²) in [7, 11) is 0. The minimum atomic E-state index is -0.919. The number of amides is 2. The molecule has 1 atom stereocenters. The first-order valence-corrected chi connectivity index (χ1v) is 10.8. The van der Waals surface area contributed by atoms with Crippen molar-refractivity contribution in [3.05, 3.63) is 53.9 Å². The number of fused-ring (bicyclic) bond motifs is 1. The van der Waals surface area contributed by atoms with E-state index in [2.05, 4.69) is 11.9 Å². The average Bonchev–Trinajstić information content (AvgIpc) is 3.06. The number of aryl methyl sites for hydroxylation is 1. The summed E-state index contributed by atoms with van der Waals surface area (Å²) in [4.78, 5) is 28.5. The molecule has 1 unspecified atom stereocenters. The largest absolute Gasteiger partial charge is 0.464 e. The second-order valence-corrected chi connectivity index (χ2v) is 7.74. The molecule has 32 heavy (non-hydrogen) atoms. The van der Waals surface area contributed by atoms with Crippen molar-refractivity contribution in [2.45, 2.75) is 52.6 Å². The smallest absolute Gasteiger partial charge is 0.338 e. The first-order valence-electron chi connectivity index (χ1n) is 10.8. The molecule has 0 aliphatic rings. The number of hydroxylamine groups is 2. The molecule has 3 aromatic rings. The highest BCUT2D eigenvalue weighted by atomic mass is 16.5. The van der Waals surface area contributed by atoms with Crippen molar-refractivity contribution in [1.29, 1.82) is 0 Å². The molecular formula is C24H30N4O4. The van der Waals surface area contributed by atoms with E-state index in [1.165, 1.54) is 0 Å². The number of carbonyl (C=O) groups is 2. The molecule has 0 radical (unpaired) electrons. The van der Waals surface area contributed by atoms with E-state index in [0.29, 0.717) is 18.1 Å². The number of unbranched alkanes of at least 4 members (excludes halogenated alkanes) is 1. The fraction of sp³-hybridized carbons (Fsp3) is 0.375. The number of benzene rings is 1. The van der Waals surface area contributed by atoms with E-state index in [-0.39, 0.29) is 12.5 Å². The molecule has 8 nitrogen and oxygen atoms in total. The monoisotopic (exact) mass is 438 g/mol. The quantitative estimate of drug-likeness (QED) is 0.289. The fourth-order valence-electron chi connectivity index (χ4n) is 4.04. The molecule has 1 aromatic carbocycles. The Kier molecular flexibility index (Phi) is 7.48. The van der Waals surface area contributed by atoms with Crippen molar-refractivity contribution in [2.24, 2.45) is 5.73 Å². The number of urea groups is 1. The van der Waals surface area contributed by atoms with Crippen molar-refractivity contribution in [3.8, 4) is 11.3 Å². The number of esters is 1. The summed E-state index contributed by atoms with van der Waals surface area (Å²) in [6.45, 7) is 6.18. The third-order valence-corrected chi connectivity index (χ3v) is 5.54. The maximum atomic E-state index is 13.0. The fourth-order valence-corrected chi connectivity index (χ4v) is 4.04. The summed E-state index contributed by atoms with van der Waals surface area (Å²) in [5.74, 6) is -0.262. The van der Waals surface area contributed by atoms with Crippen LogP contribution in [0.15, 0.2) is 42.7 Å². The van der Waals surface area contributed by atoms with E-state index < -0.39 is 12.1 Å². The Morgan fingerprint density at radius 2 is 2.06 bits per heavy atom. The number of carbonyl (C=O) groups excluding carboxylic acids is 2. The van der Waals surface area contributed by atoms with Crippen molar-refractivity contribution in [2.75, 3.05) is 6.61 Å². The van der Waals surface area contributed by atoms with Crippen molar-refractivity contribution < 1.29 is 19.5 Å². The van der Waals surface area contributed by atoms with Gasteiger partial charge in [-0.25, -0.2) is 14.7 Å². The number of aromatic nitrogens is 2.